The number of unbranched alkanes of at least 4 members (excludes halogenated alkanes) is 1. The van der Waals surface area contributed by atoms with Crippen molar-refractivity contribution >= 4 is 11.9 Å². The molecule has 0 radical (unpaired) electrons. The summed E-state index contributed by atoms with van der Waals surface area (Å²) in [5, 5.41) is 9.40. The molecule has 234 valence electrons. The van der Waals surface area contributed by atoms with E-state index in [2.05, 4.69) is 19.6 Å². The first kappa shape index (κ1) is 32.9. The van der Waals surface area contributed by atoms with Crippen LogP contribution >= 0.6 is 0 Å². The van der Waals surface area contributed by atoms with Gasteiger partial charge in [0.05, 0.1) is 24.7 Å². The summed E-state index contributed by atoms with van der Waals surface area (Å²) in [6.07, 6.45) is 14.2. The number of aliphatic hydroxyl groups is 1. The number of benzene rings is 2. The second-order valence-electron chi connectivity index (χ2n) is 12.7. The van der Waals surface area contributed by atoms with E-state index >= 15 is 0 Å². The van der Waals surface area contributed by atoms with Gasteiger partial charge in [-0.3, -0.25) is 4.79 Å². The fourth-order valence-electron chi connectivity index (χ4n) is 6.97. The summed E-state index contributed by atoms with van der Waals surface area (Å²) in [7, 11) is 1.56. The molecular formula is C37H50O6. The molecule has 1 atom stereocenters. The molecule has 0 saturated heterocycles. The van der Waals surface area contributed by atoms with Crippen molar-refractivity contribution in [2.75, 3.05) is 20.3 Å². The highest BCUT2D eigenvalue weighted by Crippen LogP contribution is 2.46. The normalized spacial score (nSPS) is 22.9. The number of methoxy groups -OCH3 is 1. The molecule has 6 nitrogen and oxygen atoms in total. The molecule has 0 bridgehead atoms. The largest absolute Gasteiger partial charge is 0.426 e. The summed E-state index contributed by atoms with van der Waals surface area (Å²) >= 11 is 0. The molecule has 0 amide bonds. The van der Waals surface area contributed by atoms with Crippen LogP contribution in [0.15, 0.2) is 54.6 Å². The molecule has 6 heteroatoms. The molecule has 1 N–H and O–H groups in total. The molecule has 43 heavy (non-hydrogen) atoms. The van der Waals surface area contributed by atoms with Crippen LogP contribution in [0.1, 0.15) is 96.0 Å². The zero-order chi connectivity index (χ0) is 30.8. The highest BCUT2D eigenvalue weighted by Gasteiger charge is 2.32. The fraction of sp³-hybridized carbons (Fsp3) is 0.568. The van der Waals surface area contributed by atoms with Gasteiger partial charge in [0, 0.05) is 7.11 Å². The average Bonchev–Trinajstić information content (AvgIpc) is 3.04. The highest BCUT2D eigenvalue weighted by atomic mass is 16.5. The van der Waals surface area contributed by atoms with Gasteiger partial charge in [-0.25, -0.2) is 4.79 Å². The van der Waals surface area contributed by atoms with Gasteiger partial charge in [0.2, 0.25) is 0 Å². The Hall–Kier alpha value is -2.96. The van der Waals surface area contributed by atoms with Crippen LogP contribution in [0.5, 0.6) is 11.5 Å². The molecule has 1 unspecified atom stereocenters. The van der Waals surface area contributed by atoms with E-state index < -0.39 is 12.6 Å². The lowest BCUT2D eigenvalue weighted by Gasteiger charge is -2.38. The minimum atomic E-state index is -0.598. The number of aliphatic hydroxyl groups excluding tert-OH is 1. The van der Waals surface area contributed by atoms with Crippen molar-refractivity contribution in [1.82, 2.24) is 0 Å². The van der Waals surface area contributed by atoms with E-state index in [1.807, 2.05) is 24.3 Å². The van der Waals surface area contributed by atoms with Gasteiger partial charge in [-0.1, -0.05) is 63.8 Å². The summed E-state index contributed by atoms with van der Waals surface area (Å²) in [6.45, 7) is 7.58. The zero-order valence-corrected chi connectivity index (χ0v) is 26.3. The van der Waals surface area contributed by atoms with Crippen LogP contribution in [-0.4, -0.2) is 37.4 Å². The predicted molar refractivity (Wildman–Crippen MR) is 170 cm³/mol. The zero-order valence-electron chi connectivity index (χ0n) is 26.3. The Bertz CT molecular complexity index is 1200. The second kappa shape index (κ2) is 16.2. The van der Waals surface area contributed by atoms with Crippen molar-refractivity contribution in [3.8, 4) is 22.6 Å². The lowest BCUT2D eigenvalue weighted by molar-refractivity contribution is -0.140. The standard InChI is InChI=1S/C37H50O6/c1-5-6-7-27-8-10-28(11-9-27)29-12-14-31(15-13-29)34-22-32(18-21-35(34)43-36(39)25(2)23-38)30-16-19-33(20-17-30)42-37(40)26(3)24-41-4/h16-22,26-29,31,38H,2,5-15,23-24H2,1,3-4H3. The first-order chi connectivity index (χ1) is 20.8. The van der Waals surface area contributed by atoms with Gasteiger partial charge in [-0.05, 0) is 110 Å². The van der Waals surface area contributed by atoms with Crippen molar-refractivity contribution in [1.29, 1.82) is 0 Å². The van der Waals surface area contributed by atoms with E-state index in [1.165, 1.54) is 57.8 Å². The SMILES string of the molecule is C=C(CO)C(=O)Oc1ccc(-c2ccc(OC(=O)C(C)COC)cc2)cc1C1CCC(C2CCC(CCCC)CC2)CC1. The van der Waals surface area contributed by atoms with Crippen molar-refractivity contribution in [3.63, 3.8) is 0 Å². The number of ether oxygens (including phenoxy) is 3. The van der Waals surface area contributed by atoms with E-state index in [0.717, 1.165) is 47.3 Å². The third-order valence-corrected chi connectivity index (χ3v) is 9.65. The number of carbonyl (C=O) groups excluding carboxylic acids is 2. The molecule has 0 aromatic heterocycles. The Labute approximate surface area is 257 Å². The Morgan fingerprint density at radius 2 is 1.53 bits per heavy atom. The molecule has 2 saturated carbocycles. The van der Waals surface area contributed by atoms with E-state index in [1.54, 1.807) is 26.2 Å². The molecule has 2 aliphatic rings. The van der Waals surface area contributed by atoms with Gasteiger partial charge in [0.1, 0.15) is 11.5 Å². The minimum absolute atomic E-state index is 0.0400. The minimum Gasteiger partial charge on any atom is -0.426 e. The van der Waals surface area contributed by atoms with Crippen LogP contribution in [-0.2, 0) is 14.3 Å². The lowest BCUT2D eigenvalue weighted by atomic mass is 9.68. The Balaban J connectivity index is 1.46. The maximum Gasteiger partial charge on any atom is 0.341 e. The van der Waals surface area contributed by atoms with Gasteiger partial charge in [-0.2, -0.15) is 0 Å². The highest BCUT2D eigenvalue weighted by molar-refractivity contribution is 5.90. The number of hydrogen-bond donors (Lipinski definition) is 1. The van der Waals surface area contributed by atoms with Gasteiger partial charge in [-0.15, -0.1) is 0 Å². The fourth-order valence-corrected chi connectivity index (χ4v) is 6.97. The smallest absolute Gasteiger partial charge is 0.341 e. The van der Waals surface area contributed by atoms with Crippen molar-refractivity contribution in [2.45, 2.75) is 90.4 Å². The van der Waals surface area contributed by atoms with Gasteiger partial charge in [0.25, 0.3) is 0 Å². The Morgan fingerprint density at radius 1 is 0.907 bits per heavy atom. The molecule has 0 aliphatic heterocycles. The molecule has 2 aromatic carbocycles. The Morgan fingerprint density at radius 3 is 2.14 bits per heavy atom. The number of hydrogen-bond acceptors (Lipinski definition) is 6. The van der Waals surface area contributed by atoms with Crippen LogP contribution in [0.4, 0.5) is 0 Å². The third kappa shape index (κ3) is 9.02. The first-order valence-electron chi connectivity index (χ1n) is 16.3. The topological polar surface area (TPSA) is 82.1 Å². The van der Waals surface area contributed by atoms with Gasteiger partial charge >= 0.3 is 11.9 Å². The summed E-state index contributed by atoms with van der Waals surface area (Å²) in [5.41, 5.74) is 3.06. The number of rotatable bonds is 13. The van der Waals surface area contributed by atoms with E-state index in [9.17, 15) is 14.7 Å². The maximum absolute atomic E-state index is 12.6. The van der Waals surface area contributed by atoms with Gasteiger partial charge in [0.15, 0.2) is 0 Å². The average molecular weight is 591 g/mol. The third-order valence-electron chi connectivity index (χ3n) is 9.65. The summed E-state index contributed by atoms with van der Waals surface area (Å²) in [6, 6.07) is 13.4. The molecule has 2 aromatic rings. The summed E-state index contributed by atoms with van der Waals surface area (Å²) < 4.78 is 16.3. The van der Waals surface area contributed by atoms with Crippen LogP contribution in [0, 0.1) is 23.7 Å². The molecule has 0 spiro atoms. The van der Waals surface area contributed by atoms with Crippen molar-refractivity contribution in [2.24, 2.45) is 23.7 Å². The van der Waals surface area contributed by atoms with E-state index in [0.29, 0.717) is 24.0 Å². The molecule has 0 heterocycles. The van der Waals surface area contributed by atoms with Crippen LogP contribution in [0.3, 0.4) is 0 Å². The van der Waals surface area contributed by atoms with Crippen molar-refractivity contribution < 1.29 is 28.9 Å². The van der Waals surface area contributed by atoms with Crippen LogP contribution < -0.4 is 9.47 Å². The van der Waals surface area contributed by atoms with E-state index in [-0.39, 0.29) is 17.5 Å². The van der Waals surface area contributed by atoms with Crippen LogP contribution in [0.25, 0.3) is 11.1 Å². The lowest BCUT2D eigenvalue weighted by Crippen LogP contribution is -2.25. The molecule has 4 rings (SSSR count). The second-order valence-corrected chi connectivity index (χ2v) is 12.7. The summed E-state index contributed by atoms with van der Waals surface area (Å²) in [5.74, 6) is 2.62. The van der Waals surface area contributed by atoms with Gasteiger partial charge < -0.3 is 19.3 Å². The van der Waals surface area contributed by atoms with Crippen molar-refractivity contribution in [3.05, 3.63) is 60.2 Å². The predicted octanol–water partition coefficient (Wildman–Crippen LogP) is 8.27. The number of esters is 2. The Kier molecular flexibility index (Phi) is 12.4. The monoisotopic (exact) mass is 590 g/mol. The summed E-state index contributed by atoms with van der Waals surface area (Å²) in [4.78, 5) is 24.9. The first-order valence-corrected chi connectivity index (χ1v) is 16.3. The van der Waals surface area contributed by atoms with E-state index in [4.69, 9.17) is 14.2 Å². The molecule has 2 fully saturated rings. The number of carbonyl (C=O) groups is 2. The quantitative estimate of drug-likeness (QED) is 0.144. The van der Waals surface area contributed by atoms with Crippen LogP contribution in [0.2, 0.25) is 0 Å². The molecular weight excluding hydrogens is 540 g/mol. The maximum atomic E-state index is 12.6. The molecule has 2 aliphatic carbocycles.